The molecule has 0 aliphatic carbocycles. The maximum Gasteiger partial charge on any atom is 0.364 e. The maximum atomic E-state index is 2.33. The van der Waals surface area contributed by atoms with Crippen LogP contribution in [-0.4, -0.2) is 20.4 Å². The van der Waals surface area contributed by atoms with Crippen LogP contribution in [0.4, 0.5) is 0 Å². The molecule has 0 unspecified atom stereocenters. The van der Waals surface area contributed by atoms with E-state index >= 15 is 0 Å². The molecule has 0 aromatic rings. The Hall–Kier alpha value is 0.766. The summed E-state index contributed by atoms with van der Waals surface area (Å²) in [5.41, 5.74) is 0. The third kappa shape index (κ3) is 10.8. The van der Waals surface area contributed by atoms with E-state index < -0.39 is 0 Å². The summed E-state index contributed by atoms with van der Waals surface area (Å²) >= 11 is 0.357. The van der Waals surface area contributed by atoms with E-state index in [4.69, 9.17) is 0 Å². The highest BCUT2D eigenvalue weighted by Crippen LogP contribution is 2.07. The molecule has 0 bridgehead atoms. The smallest absolute Gasteiger partial charge is 0.146 e. The summed E-state index contributed by atoms with van der Waals surface area (Å²) in [6.45, 7) is 6.95. The predicted molar refractivity (Wildman–Crippen MR) is 54.3 cm³/mol. The summed E-state index contributed by atoms with van der Waals surface area (Å²) in [5, 5.41) is 0. The molecule has 0 aromatic carbocycles. The van der Waals surface area contributed by atoms with Gasteiger partial charge in [-0.05, 0) is 5.92 Å². The molecule has 0 saturated carbocycles. The second-order valence-corrected chi connectivity index (χ2v) is 6.07. The Morgan fingerprint density at radius 2 is 1.73 bits per heavy atom. The average molecular weight is 167 g/mol. The van der Waals surface area contributed by atoms with Crippen LogP contribution in [-0.2, 0) is 0 Å². The number of unbranched alkanes of at least 4 members (excludes halogenated alkanes) is 1. The van der Waals surface area contributed by atoms with Gasteiger partial charge in [-0.15, -0.1) is 9.10 Å². The summed E-state index contributed by atoms with van der Waals surface area (Å²) in [4.78, 5) is 0. The molecule has 0 aliphatic heterocycles. The molecule has 0 fully saturated rings. The van der Waals surface area contributed by atoms with Crippen LogP contribution in [0.15, 0.2) is 0 Å². The van der Waals surface area contributed by atoms with Gasteiger partial charge in [0.2, 0.25) is 0 Å². The average Bonchev–Trinajstić information content (AvgIpc) is 1.96. The van der Waals surface area contributed by atoms with Crippen LogP contribution >= 0.6 is 0 Å². The van der Waals surface area contributed by atoms with E-state index in [1.165, 1.54) is 25.7 Å². The van der Waals surface area contributed by atoms with Crippen molar-refractivity contribution in [3.63, 3.8) is 0 Å². The highest BCUT2D eigenvalue weighted by molar-refractivity contribution is 6.35. The SMILES string of the molecule is CCC[CH2][Mg][CH2]CCC(C)C. The van der Waals surface area contributed by atoms with E-state index in [2.05, 4.69) is 20.8 Å². The first-order valence-electron chi connectivity index (χ1n) is 5.27. The fourth-order valence-corrected chi connectivity index (χ4v) is 3.18. The van der Waals surface area contributed by atoms with E-state index in [0.717, 1.165) is 5.92 Å². The monoisotopic (exact) mass is 166 g/mol. The van der Waals surface area contributed by atoms with Crippen molar-refractivity contribution in [3.8, 4) is 0 Å². The molecule has 0 atom stereocenters. The lowest BCUT2D eigenvalue weighted by Gasteiger charge is -2.02. The molecule has 0 radical (unpaired) electrons. The Morgan fingerprint density at radius 1 is 1.09 bits per heavy atom. The van der Waals surface area contributed by atoms with Crippen LogP contribution in [0.2, 0.25) is 9.10 Å². The van der Waals surface area contributed by atoms with Gasteiger partial charge in [-0.25, -0.2) is 0 Å². The zero-order valence-corrected chi connectivity index (χ0v) is 9.94. The van der Waals surface area contributed by atoms with Gasteiger partial charge in [0.15, 0.2) is 0 Å². The van der Waals surface area contributed by atoms with Crippen LogP contribution < -0.4 is 0 Å². The summed E-state index contributed by atoms with van der Waals surface area (Å²) in [7, 11) is 0. The second kappa shape index (κ2) is 8.86. The standard InChI is InChI=1S/C6H13.C4H9.Mg/c1-4-5-6(2)3;1-3-4-2;/h6H,1,4-5H2,2-3H3;1,3-4H2,2H3;. The van der Waals surface area contributed by atoms with E-state index in [-0.39, 0.29) is 0 Å². The first-order chi connectivity index (χ1) is 5.27. The number of hydrogen-bond donors (Lipinski definition) is 0. The minimum absolute atomic E-state index is 0.357. The highest BCUT2D eigenvalue weighted by atomic mass is 24.5. The molecule has 0 aromatic heterocycles. The lowest BCUT2D eigenvalue weighted by Crippen LogP contribution is -1.92. The van der Waals surface area contributed by atoms with Crippen LogP contribution in [0.25, 0.3) is 0 Å². The first-order valence-corrected chi connectivity index (χ1v) is 7.27. The van der Waals surface area contributed by atoms with E-state index in [9.17, 15) is 0 Å². The van der Waals surface area contributed by atoms with Crippen molar-refractivity contribution in [2.24, 2.45) is 5.92 Å². The Balaban J connectivity index is 2.80. The van der Waals surface area contributed by atoms with Crippen molar-refractivity contribution in [2.45, 2.75) is 55.6 Å². The third-order valence-electron chi connectivity index (χ3n) is 2.14. The Kier molecular flexibility index (Phi) is 9.48. The van der Waals surface area contributed by atoms with Gasteiger partial charge in [-0.3, -0.25) is 0 Å². The first kappa shape index (κ1) is 11.8. The highest BCUT2D eigenvalue weighted by Gasteiger charge is 1.96. The molecule has 0 N–H and O–H groups in total. The van der Waals surface area contributed by atoms with Gasteiger partial charge < -0.3 is 0 Å². The minimum Gasteiger partial charge on any atom is -0.146 e. The van der Waals surface area contributed by atoms with Gasteiger partial charge in [0.1, 0.15) is 0 Å². The largest absolute Gasteiger partial charge is 0.364 e. The van der Waals surface area contributed by atoms with Crippen molar-refractivity contribution in [3.05, 3.63) is 0 Å². The number of rotatable bonds is 7. The zero-order valence-electron chi connectivity index (χ0n) is 8.53. The molecule has 0 heterocycles. The van der Waals surface area contributed by atoms with E-state index in [1.807, 2.05) is 0 Å². The fourth-order valence-electron chi connectivity index (χ4n) is 1.33. The van der Waals surface area contributed by atoms with Gasteiger partial charge in [-0.2, -0.15) is 0 Å². The quantitative estimate of drug-likeness (QED) is 0.399. The lowest BCUT2D eigenvalue weighted by atomic mass is 10.1. The lowest BCUT2D eigenvalue weighted by molar-refractivity contribution is 0.575. The topological polar surface area (TPSA) is 0 Å². The maximum absolute atomic E-state index is 2.33. The zero-order chi connectivity index (χ0) is 8.53. The Bertz CT molecular complexity index is 69.3. The van der Waals surface area contributed by atoms with Crippen LogP contribution in [0, 0.1) is 5.92 Å². The fraction of sp³-hybridized carbons (Fsp3) is 1.00. The normalized spacial score (nSPS) is 10.2. The molecule has 0 nitrogen and oxygen atoms in total. The summed E-state index contributed by atoms with van der Waals surface area (Å²) in [6.07, 6.45) is 5.86. The molecule has 0 spiro atoms. The molecule has 0 saturated heterocycles. The van der Waals surface area contributed by atoms with E-state index in [0.29, 0.717) is 20.4 Å². The van der Waals surface area contributed by atoms with Crippen molar-refractivity contribution >= 4 is 20.4 Å². The van der Waals surface area contributed by atoms with Gasteiger partial charge in [0.25, 0.3) is 0 Å². The van der Waals surface area contributed by atoms with Crippen LogP contribution in [0.5, 0.6) is 0 Å². The minimum atomic E-state index is 0.357. The van der Waals surface area contributed by atoms with Gasteiger partial charge in [0, 0.05) is 0 Å². The molecule has 0 aliphatic rings. The molecule has 1 heteroatoms. The summed E-state index contributed by atoms with van der Waals surface area (Å²) in [5.74, 6) is 0.926. The van der Waals surface area contributed by atoms with Crippen LogP contribution in [0.3, 0.4) is 0 Å². The summed E-state index contributed by atoms with van der Waals surface area (Å²) in [6, 6.07) is 0. The van der Waals surface area contributed by atoms with Crippen molar-refractivity contribution < 1.29 is 0 Å². The molecule has 64 valence electrons. The molecule has 0 rings (SSSR count). The molecule has 0 amide bonds. The van der Waals surface area contributed by atoms with Crippen molar-refractivity contribution in [2.75, 3.05) is 0 Å². The van der Waals surface area contributed by atoms with Crippen molar-refractivity contribution in [1.29, 1.82) is 0 Å². The summed E-state index contributed by atoms with van der Waals surface area (Å²) < 4.78 is 3.19. The number of hydrogen-bond acceptors (Lipinski definition) is 0. The Labute approximate surface area is 81.9 Å². The van der Waals surface area contributed by atoms with Crippen LogP contribution in [0.1, 0.15) is 46.5 Å². The molecule has 11 heavy (non-hydrogen) atoms. The molecular formula is C10H22Mg. The second-order valence-electron chi connectivity index (χ2n) is 3.95. The predicted octanol–water partition coefficient (Wildman–Crippen LogP) is 3.76. The Morgan fingerprint density at radius 3 is 2.27 bits per heavy atom. The third-order valence-corrected chi connectivity index (χ3v) is 4.14. The van der Waals surface area contributed by atoms with Gasteiger partial charge >= 0.3 is 20.4 Å². The van der Waals surface area contributed by atoms with Crippen molar-refractivity contribution in [1.82, 2.24) is 0 Å². The van der Waals surface area contributed by atoms with Gasteiger partial charge in [0.05, 0.1) is 0 Å². The molecular weight excluding hydrogens is 144 g/mol. The van der Waals surface area contributed by atoms with E-state index in [1.54, 1.807) is 9.10 Å². The van der Waals surface area contributed by atoms with Gasteiger partial charge in [-0.1, -0.05) is 46.5 Å².